The van der Waals surface area contributed by atoms with Gasteiger partial charge in [-0.05, 0) is 43.7 Å². The third-order valence-electron chi connectivity index (χ3n) is 2.74. The number of nitrogens with one attached hydrogen (secondary N) is 2. The quantitative estimate of drug-likeness (QED) is 0.863. The average molecular weight is 348 g/mol. The second-order valence-corrected chi connectivity index (χ2v) is 6.00. The van der Waals surface area contributed by atoms with Gasteiger partial charge in [-0.2, -0.15) is 0 Å². The smallest absolute Gasteiger partial charge is 0.228 e. The molecule has 0 bridgehead atoms. The highest BCUT2D eigenvalue weighted by molar-refractivity contribution is 9.10. The van der Waals surface area contributed by atoms with Crippen LogP contribution in [-0.2, 0) is 11.2 Å². The first kappa shape index (κ1) is 15.5. The van der Waals surface area contributed by atoms with Crippen LogP contribution in [0.2, 0.25) is 0 Å². The number of pyridine rings is 1. The maximum Gasteiger partial charge on any atom is 0.228 e. The number of hydrogen-bond acceptors (Lipinski definition) is 3. The second-order valence-electron chi connectivity index (χ2n) is 5.09. The van der Waals surface area contributed by atoms with Crippen LogP contribution in [0.25, 0.3) is 0 Å². The molecule has 0 aliphatic carbocycles. The van der Waals surface area contributed by atoms with Crippen molar-refractivity contribution in [1.82, 2.24) is 4.98 Å². The molecule has 0 radical (unpaired) electrons. The number of benzene rings is 1. The molecular weight excluding hydrogens is 330 g/mol. The Bertz CT molecular complexity index is 611. The molecule has 2 N–H and O–H groups in total. The first-order valence-corrected chi connectivity index (χ1v) is 7.59. The summed E-state index contributed by atoms with van der Waals surface area (Å²) in [4.78, 5) is 16.2. The molecular formula is C16H18BrN3O. The van der Waals surface area contributed by atoms with Crippen molar-refractivity contribution in [1.29, 1.82) is 0 Å². The van der Waals surface area contributed by atoms with E-state index in [2.05, 4.69) is 45.4 Å². The van der Waals surface area contributed by atoms with Gasteiger partial charge < -0.3 is 10.6 Å². The van der Waals surface area contributed by atoms with E-state index in [4.69, 9.17) is 0 Å². The fourth-order valence-electron chi connectivity index (χ4n) is 1.89. The van der Waals surface area contributed by atoms with E-state index < -0.39 is 0 Å². The predicted molar refractivity (Wildman–Crippen MR) is 89.5 cm³/mol. The molecule has 0 saturated carbocycles. The second kappa shape index (κ2) is 7.22. The van der Waals surface area contributed by atoms with Gasteiger partial charge in [0.05, 0.1) is 18.3 Å². The van der Waals surface area contributed by atoms with Crippen molar-refractivity contribution in [2.24, 2.45) is 0 Å². The summed E-state index contributed by atoms with van der Waals surface area (Å²) in [6, 6.07) is 11.7. The standard InChI is InChI=1S/C16H18BrN3O/c1-11(2)19-15-7-6-14(10-18-15)20-16(21)9-12-4-3-5-13(17)8-12/h3-8,10-11H,9H2,1-2H3,(H,18,19)(H,20,21). The van der Waals surface area contributed by atoms with Gasteiger partial charge in [0.2, 0.25) is 5.91 Å². The Balaban J connectivity index is 1.93. The number of amides is 1. The zero-order valence-electron chi connectivity index (χ0n) is 12.1. The third-order valence-corrected chi connectivity index (χ3v) is 3.23. The van der Waals surface area contributed by atoms with Crippen LogP contribution in [0.3, 0.4) is 0 Å². The van der Waals surface area contributed by atoms with Gasteiger partial charge in [-0.1, -0.05) is 28.1 Å². The number of nitrogens with zero attached hydrogens (tertiary/aromatic N) is 1. The largest absolute Gasteiger partial charge is 0.368 e. The molecule has 0 saturated heterocycles. The van der Waals surface area contributed by atoms with E-state index in [0.29, 0.717) is 18.2 Å². The van der Waals surface area contributed by atoms with Crippen LogP contribution in [-0.4, -0.2) is 16.9 Å². The molecule has 1 heterocycles. The van der Waals surface area contributed by atoms with Crippen molar-refractivity contribution in [3.8, 4) is 0 Å². The number of carbonyl (C=O) groups excluding carboxylic acids is 1. The Morgan fingerprint density at radius 3 is 2.71 bits per heavy atom. The Morgan fingerprint density at radius 2 is 2.10 bits per heavy atom. The van der Waals surface area contributed by atoms with Crippen LogP contribution in [0.15, 0.2) is 47.1 Å². The van der Waals surface area contributed by atoms with Crippen LogP contribution < -0.4 is 10.6 Å². The number of halogens is 1. The monoisotopic (exact) mass is 347 g/mol. The minimum atomic E-state index is -0.0560. The highest BCUT2D eigenvalue weighted by atomic mass is 79.9. The molecule has 0 aliphatic rings. The van der Waals surface area contributed by atoms with Crippen molar-refractivity contribution in [2.75, 3.05) is 10.6 Å². The van der Waals surface area contributed by atoms with E-state index in [0.717, 1.165) is 15.9 Å². The number of anilines is 2. The lowest BCUT2D eigenvalue weighted by atomic mass is 10.1. The minimum absolute atomic E-state index is 0.0560. The van der Waals surface area contributed by atoms with Crippen LogP contribution in [0.4, 0.5) is 11.5 Å². The van der Waals surface area contributed by atoms with Crippen molar-refractivity contribution in [3.05, 3.63) is 52.6 Å². The molecule has 0 unspecified atom stereocenters. The summed E-state index contributed by atoms with van der Waals surface area (Å²) in [5.74, 6) is 0.745. The SMILES string of the molecule is CC(C)Nc1ccc(NC(=O)Cc2cccc(Br)c2)cn1. The lowest BCUT2D eigenvalue weighted by Gasteiger charge is -2.10. The van der Waals surface area contributed by atoms with Crippen LogP contribution in [0.5, 0.6) is 0 Å². The fraction of sp³-hybridized carbons (Fsp3) is 0.250. The van der Waals surface area contributed by atoms with E-state index in [1.165, 1.54) is 0 Å². The highest BCUT2D eigenvalue weighted by Crippen LogP contribution is 2.14. The van der Waals surface area contributed by atoms with Gasteiger partial charge in [-0.3, -0.25) is 4.79 Å². The van der Waals surface area contributed by atoms with Gasteiger partial charge in [-0.15, -0.1) is 0 Å². The Labute approximate surface area is 133 Å². The molecule has 1 aromatic carbocycles. The molecule has 1 amide bonds. The van der Waals surface area contributed by atoms with Crippen LogP contribution in [0.1, 0.15) is 19.4 Å². The number of hydrogen-bond donors (Lipinski definition) is 2. The summed E-state index contributed by atoms with van der Waals surface area (Å²) >= 11 is 3.40. The van der Waals surface area contributed by atoms with Gasteiger partial charge in [0.25, 0.3) is 0 Å². The average Bonchev–Trinajstić information content (AvgIpc) is 2.40. The molecule has 2 aromatic rings. The molecule has 0 aliphatic heterocycles. The van der Waals surface area contributed by atoms with Crippen LogP contribution >= 0.6 is 15.9 Å². The summed E-state index contributed by atoms with van der Waals surface area (Å²) in [6.45, 7) is 4.10. The molecule has 4 nitrogen and oxygen atoms in total. The van der Waals surface area contributed by atoms with Gasteiger partial charge >= 0.3 is 0 Å². The molecule has 0 atom stereocenters. The zero-order chi connectivity index (χ0) is 15.2. The minimum Gasteiger partial charge on any atom is -0.368 e. The first-order chi connectivity index (χ1) is 10.0. The summed E-state index contributed by atoms with van der Waals surface area (Å²) in [5.41, 5.74) is 1.66. The number of aromatic nitrogens is 1. The normalized spacial score (nSPS) is 10.5. The molecule has 1 aromatic heterocycles. The van der Waals surface area contributed by atoms with E-state index >= 15 is 0 Å². The maximum atomic E-state index is 12.0. The molecule has 0 fully saturated rings. The Hall–Kier alpha value is -1.88. The summed E-state index contributed by atoms with van der Waals surface area (Å²) < 4.78 is 0.971. The molecule has 2 rings (SSSR count). The van der Waals surface area contributed by atoms with Gasteiger partial charge in [0.1, 0.15) is 5.82 Å². The maximum absolute atomic E-state index is 12.0. The Kier molecular flexibility index (Phi) is 5.33. The van der Waals surface area contributed by atoms with Crippen molar-refractivity contribution >= 4 is 33.3 Å². The lowest BCUT2D eigenvalue weighted by Crippen LogP contribution is -2.15. The molecule has 0 spiro atoms. The number of carbonyl (C=O) groups is 1. The summed E-state index contributed by atoms with van der Waals surface area (Å²) in [7, 11) is 0. The van der Waals surface area contributed by atoms with E-state index in [1.807, 2.05) is 36.4 Å². The third kappa shape index (κ3) is 5.19. The summed E-state index contributed by atoms with van der Waals surface area (Å²) in [5, 5.41) is 6.05. The van der Waals surface area contributed by atoms with Gasteiger partial charge in [-0.25, -0.2) is 4.98 Å². The number of rotatable bonds is 5. The van der Waals surface area contributed by atoms with E-state index in [9.17, 15) is 4.79 Å². The van der Waals surface area contributed by atoms with Crippen LogP contribution in [0, 0.1) is 0 Å². The Morgan fingerprint density at radius 1 is 1.29 bits per heavy atom. The molecule has 110 valence electrons. The van der Waals surface area contributed by atoms with Crippen molar-refractivity contribution in [2.45, 2.75) is 26.3 Å². The van der Waals surface area contributed by atoms with Crippen molar-refractivity contribution in [3.63, 3.8) is 0 Å². The van der Waals surface area contributed by atoms with Gasteiger partial charge in [0, 0.05) is 10.5 Å². The molecule has 21 heavy (non-hydrogen) atoms. The topological polar surface area (TPSA) is 54.0 Å². The zero-order valence-corrected chi connectivity index (χ0v) is 13.6. The van der Waals surface area contributed by atoms with E-state index in [-0.39, 0.29) is 5.91 Å². The van der Waals surface area contributed by atoms with E-state index in [1.54, 1.807) is 6.20 Å². The van der Waals surface area contributed by atoms with Gasteiger partial charge in [0.15, 0.2) is 0 Å². The highest BCUT2D eigenvalue weighted by Gasteiger charge is 2.05. The van der Waals surface area contributed by atoms with Crippen molar-refractivity contribution < 1.29 is 4.79 Å². The lowest BCUT2D eigenvalue weighted by molar-refractivity contribution is -0.115. The predicted octanol–water partition coefficient (Wildman–Crippen LogP) is 3.85. The summed E-state index contributed by atoms with van der Waals surface area (Å²) in [6.07, 6.45) is 1.99. The first-order valence-electron chi connectivity index (χ1n) is 6.80. The molecule has 5 heteroatoms. The fourth-order valence-corrected chi connectivity index (χ4v) is 2.33.